The van der Waals surface area contributed by atoms with E-state index in [0.717, 1.165) is 21.2 Å². The van der Waals surface area contributed by atoms with E-state index in [1.54, 1.807) is 4.90 Å². The van der Waals surface area contributed by atoms with Crippen molar-refractivity contribution in [1.82, 2.24) is 4.90 Å². The molecule has 3 N–H and O–H groups in total. The van der Waals surface area contributed by atoms with Crippen molar-refractivity contribution in [2.75, 3.05) is 18.9 Å². The number of carbonyl (C=O) groups is 1. The van der Waals surface area contributed by atoms with Gasteiger partial charge in [-0.05, 0) is 24.1 Å². The van der Waals surface area contributed by atoms with Crippen LogP contribution in [-0.4, -0.2) is 29.1 Å². The highest BCUT2D eigenvalue weighted by Gasteiger charge is 2.22. The maximum atomic E-state index is 13.0. The maximum absolute atomic E-state index is 13.0. The zero-order valence-electron chi connectivity index (χ0n) is 13.5. The smallest absolute Gasteiger partial charge is 0.266 e. The van der Waals surface area contributed by atoms with E-state index in [9.17, 15) is 9.90 Å². The van der Waals surface area contributed by atoms with Crippen molar-refractivity contribution < 1.29 is 9.90 Å². The van der Waals surface area contributed by atoms with Crippen LogP contribution in [0.4, 0.5) is 5.69 Å². The lowest BCUT2D eigenvalue weighted by atomic mass is 10.1. The number of aliphatic hydroxyl groups is 1. The molecule has 0 atom stereocenters. The van der Waals surface area contributed by atoms with E-state index in [1.807, 2.05) is 55.5 Å². The number of rotatable bonds is 5. The molecule has 1 amide bonds. The van der Waals surface area contributed by atoms with Gasteiger partial charge in [0.1, 0.15) is 4.88 Å². The highest BCUT2D eigenvalue weighted by Crippen LogP contribution is 2.35. The maximum Gasteiger partial charge on any atom is 0.266 e. The molecule has 0 unspecified atom stereocenters. The van der Waals surface area contributed by atoms with Crippen LogP contribution in [0.3, 0.4) is 0 Å². The van der Waals surface area contributed by atoms with Crippen LogP contribution in [0.5, 0.6) is 0 Å². The molecule has 1 heterocycles. The Morgan fingerprint density at radius 3 is 2.67 bits per heavy atom. The van der Waals surface area contributed by atoms with Gasteiger partial charge >= 0.3 is 0 Å². The first-order chi connectivity index (χ1) is 11.6. The molecule has 124 valence electrons. The van der Waals surface area contributed by atoms with E-state index < -0.39 is 0 Å². The third-order valence-corrected chi connectivity index (χ3v) is 5.11. The van der Waals surface area contributed by atoms with Gasteiger partial charge in [0, 0.05) is 23.2 Å². The average Bonchev–Trinajstić information content (AvgIpc) is 2.91. The summed E-state index contributed by atoms with van der Waals surface area (Å²) in [5.41, 5.74) is 8.90. The van der Waals surface area contributed by atoms with Crippen LogP contribution in [0.1, 0.15) is 20.8 Å². The van der Waals surface area contributed by atoms with Crippen molar-refractivity contribution in [2.24, 2.45) is 0 Å². The Morgan fingerprint density at radius 1 is 1.21 bits per heavy atom. The second-order valence-corrected chi connectivity index (χ2v) is 6.83. The molecule has 0 bridgehead atoms. The van der Waals surface area contributed by atoms with Gasteiger partial charge in [-0.3, -0.25) is 4.79 Å². The standard InChI is InChI=1S/C19H20N2O2S/c1-13-7-8-15-16(11-13)24-18(17(15)20)19(23)21(9-10-22)12-14-5-3-2-4-6-14/h2-8,11,22H,9-10,12,20H2,1H3. The van der Waals surface area contributed by atoms with Crippen molar-refractivity contribution in [3.05, 3.63) is 64.5 Å². The summed E-state index contributed by atoms with van der Waals surface area (Å²) in [6.45, 7) is 2.67. The second kappa shape index (κ2) is 7.03. The Morgan fingerprint density at radius 2 is 1.96 bits per heavy atom. The molecule has 0 spiro atoms. The van der Waals surface area contributed by atoms with E-state index in [0.29, 0.717) is 17.1 Å². The first-order valence-electron chi connectivity index (χ1n) is 7.83. The molecular formula is C19H20N2O2S. The largest absolute Gasteiger partial charge is 0.397 e. The van der Waals surface area contributed by atoms with E-state index in [4.69, 9.17) is 5.73 Å². The van der Waals surface area contributed by atoms with Crippen molar-refractivity contribution >= 4 is 33.0 Å². The summed E-state index contributed by atoms with van der Waals surface area (Å²) in [7, 11) is 0. The van der Waals surface area contributed by atoms with Gasteiger partial charge in [0.15, 0.2) is 0 Å². The molecule has 24 heavy (non-hydrogen) atoms. The molecule has 5 heteroatoms. The third-order valence-electron chi connectivity index (χ3n) is 3.95. The van der Waals surface area contributed by atoms with Crippen molar-refractivity contribution in [2.45, 2.75) is 13.5 Å². The predicted molar refractivity (Wildman–Crippen MR) is 99.2 cm³/mol. The number of carbonyl (C=O) groups excluding carboxylic acids is 1. The Hall–Kier alpha value is -2.37. The van der Waals surface area contributed by atoms with Gasteiger partial charge in [0.05, 0.1) is 12.3 Å². The summed E-state index contributed by atoms with van der Waals surface area (Å²) < 4.78 is 1.01. The molecule has 3 rings (SSSR count). The number of aliphatic hydroxyl groups excluding tert-OH is 1. The summed E-state index contributed by atoms with van der Waals surface area (Å²) in [4.78, 5) is 15.1. The number of nitrogens with zero attached hydrogens (tertiary/aromatic N) is 1. The van der Waals surface area contributed by atoms with Crippen LogP contribution in [0, 0.1) is 6.92 Å². The summed E-state index contributed by atoms with van der Waals surface area (Å²) in [6, 6.07) is 15.7. The van der Waals surface area contributed by atoms with E-state index >= 15 is 0 Å². The minimum absolute atomic E-state index is 0.0809. The molecule has 2 aromatic carbocycles. The highest BCUT2D eigenvalue weighted by molar-refractivity contribution is 7.21. The molecular weight excluding hydrogens is 320 g/mol. The number of hydrogen-bond donors (Lipinski definition) is 2. The Bertz CT molecular complexity index is 858. The van der Waals surface area contributed by atoms with Gasteiger partial charge in [0.2, 0.25) is 0 Å². The molecule has 0 saturated carbocycles. The molecule has 0 aliphatic heterocycles. The Kier molecular flexibility index (Phi) is 4.83. The number of aryl methyl sites for hydroxylation is 1. The molecule has 0 aliphatic rings. The minimum atomic E-state index is -0.135. The van der Waals surface area contributed by atoms with Crippen molar-refractivity contribution in [3.8, 4) is 0 Å². The molecule has 0 aliphatic carbocycles. The average molecular weight is 340 g/mol. The van der Waals surface area contributed by atoms with Crippen LogP contribution < -0.4 is 5.73 Å². The number of hydrogen-bond acceptors (Lipinski definition) is 4. The fraction of sp³-hybridized carbons (Fsp3) is 0.211. The molecule has 0 saturated heterocycles. The topological polar surface area (TPSA) is 66.6 Å². The SMILES string of the molecule is Cc1ccc2c(N)c(C(=O)N(CCO)Cc3ccccc3)sc2c1. The molecule has 3 aromatic rings. The van der Waals surface area contributed by atoms with Gasteiger partial charge < -0.3 is 15.7 Å². The molecule has 0 fully saturated rings. The third kappa shape index (κ3) is 3.27. The molecule has 0 radical (unpaired) electrons. The van der Waals surface area contributed by atoms with Gasteiger partial charge in [-0.15, -0.1) is 11.3 Å². The highest BCUT2D eigenvalue weighted by atomic mass is 32.1. The first kappa shape index (κ1) is 16.5. The van der Waals surface area contributed by atoms with Gasteiger partial charge in [-0.25, -0.2) is 0 Å². The number of nitrogens with two attached hydrogens (primary N) is 1. The summed E-state index contributed by atoms with van der Waals surface area (Å²) in [5.74, 6) is -0.135. The second-order valence-electron chi connectivity index (χ2n) is 5.78. The van der Waals surface area contributed by atoms with Gasteiger partial charge in [-0.1, -0.05) is 42.5 Å². The minimum Gasteiger partial charge on any atom is -0.397 e. The van der Waals surface area contributed by atoms with Crippen LogP contribution >= 0.6 is 11.3 Å². The van der Waals surface area contributed by atoms with Crippen LogP contribution in [-0.2, 0) is 6.54 Å². The number of fused-ring (bicyclic) bond motifs is 1. The molecule has 1 aromatic heterocycles. The summed E-state index contributed by atoms with van der Waals surface area (Å²) in [5, 5.41) is 10.2. The summed E-state index contributed by atoms with van der Waals surface area (Å²) >= 11 is 1.41. The number of benzene rings is 2. The predicted octanol–water partition coefficient (Wildman–Crippen LogP) is 3.43. The molecule has 4 nitrogen and oxygen atoms in total. The first-order valence-corrected chi connectivity index (χ1v) is 8.64. The van der Waals surface area contributed by atoms with Crippen LogP contribution in [0.25, 0.3) is 10.1 Å². The van der Waals surface area contributed by atoms with E-state index in [-0.39, 0.29) is 19.1 Å². The van der Waals surface area contributed by atoms with Gasteiger partial charge in [-0.2, -0.15) is 0 Å². The van der Waals surface area contributed by atoms with Crippen LogP contribution in [0.15, 0.2) is 48.5 Å². The van der Waals surface area contributed by atoms with Crippen molar-refractivity contribution in [3.63, 3.8) is 0 Å². The van der Waals surface area contributed by atoms with E-state index in [2.05, 4.69) is 0 Å². The quantitative estimate of drug-likeness (QED) is 0.748. The van der Waals surface area contributed by atoms with Gasteiger partial charge in [0.25, 0.3) is 5.91 Å². The van der Waals surface area contributed by atoms with Crippen LogP contribution in [0.2, 0.25) is 0 Å². The number of thiophene rings is 1. The lowest BCUT2D eigenvalue weighted by Crippen LogP contribution is -2.33. The van der Waals surface area contributed by atoms with E-state index in [1.165, 1.54) is 11.3 Å². The normalized spacial score (nSPS) is 10.9. The fourth-order valence-electron chi connectivity index (χ4n) is 2.70. The lowest BCUT2D eigenvalue weighted by Gasteiger charge is -2.21. The van der Waals surface area contributed by atoms with Crippen molar-refractivity contribution in [1.29, 1.82) is 0 Å². The Balaban J connectivity index is 1.94. The Labute approximate surface area is 145 Å². The zero-order valence-corrected chi connectivity index (χ0v) is 14.3. The number of anilines is 1. The number of nitrogen functional groups attached to an aromatic ring is 1. The fourth-order valence-corrected chi connectivity index (χ4v) is 3.89. The monoisotopic (exact) mass is 340 g/mol. The summed E-state index contributed by atoms with van der Waals surface area (Å²) in [6.07, 6.45) is 0. The number of amides is 1. The lowest BCUT2D eigenvalue weighted by molar-refractivity contribution is 0.0713. The zero-order chi connectivity index (χ0) is 17.1.